The maximum atomic E-state index is 13.4. The van der Waals surface area contributed by atoms with E-state index in [4.69, 9.17) is 11.6 Å². The van der Waals surface area contributed by atoms with Crippen LogP contribution in [0.3, 0.4) is 0 Å². The minimum absolute atomic E-state index is 0.0171. The molecule has 7 nitrogen and oxygen atoms in total. The van der Waals surface area contributed by atoms with Crippen LogP contribution in [-0.4, -0.2) is 66.4 Å². The first-order valence-corrected chi connectivity index (χ1v) is 11.3. The first kappa shape index (κ1) is 22.4. The van der Waals surface area contributed by atoms with Crippen LogP contribution in [0.4, 0.5) is 4.79 Å². The fraction of sp³-hybridized carbons (Fsp3) is 0.591. The number of nitrogens with zero attached hydrogens (tertiary/aromatic N) is 2. The van der Waals surface area contributed by atoms with Gasteiger partial charge in [0.1, 0.15) is 6.04 Å². The van der Waals surface area contributed by atoms with E-state index in [0.717, 1.165) is 32.4 Å². The number of likely N-dealkylation sites (tertiary alicyclic amines) is 2. The molecule has 164 valence electrons. The molecular weight excluding hydrogens is 404 g/mol. The quantitative estimate of drug-likeness (QED) is 0.747. The number of nitrogens with one attached hydrogen (secondary N) is 2. The monoisotopic (exact) mass is 434 g/mol. The van der Waals surface area contributed by atoms with Crippen LogP contribution >= 0.6 is 11.6 Å². The predicted molar refractivity (Wildman–Crippen MR) is 117 cm³/mol. The SMILES string of the molecule is CCNC(=O)N1CCC([C@H](NC(=O)c2ccccc2Cl)C(=O)N2CCCCC2)CC1. The number of piperidine rings is 2. The Morgan fingerprint density at radius 1 is 1.03 bits per heavy atom. The summed E-state index contributed by atoms with van der Waals surface area (Å²) in [5, 5.41) is 6.16. The van der Waals surface area contributed by atoms with Gasteiger partial charge in [0.25, 0.3) is 5.91 Å². The molecule has 30 heavy (non-hydrogen) atoms. The molecule has 1 aromatic rings. The van der Waals surface area contributed by atoms with Crippen molar-refractivity contribution in [1.82, 2.24) is 20.4 Å². The summed E-state index contributed by atoms with van der Waals surface area (Å²) in [5.74, 6) is -0.370. The minimum atomic E-state index is -0.608. The van der Waals surface area contributed by atoms with Gasteiger partial charge in [-0.1, -0.05) is 23.7 Å². The van der Waals surface area contributed by atoms with Gasteiger partial charge in [0.05, 0.1) is 10.6 Å². The fourth-order valence-electron chi connectivity index (χ4n) is 4.26. The second kappa shape index (κ2) is 10.7. The molecule has 0 radical (unpaired) electrons. The number of benzene rings is 1. The number of rotatable bonds is 5. The Morgan fingerprint density at radius 2 is 1.70 bits per heavy atom. The number of halogens is 1. The summed E-state index contributed by atoms with van der Waals surface area (Å²) < 4.78 is 0. The number of hydrogen-bond acceptors (Lipinski definition) is 3. The van der Waals surface area contributed by atoms with E-state index in [-0.39, 0.29) is 23.8 Å². The van der Waals surface area contributed by atoms with Crippen molar-refractivity contribution >= 4 is 29.4 Å². The summed E-state index contributed by atoms with van der Waals surface area (Å²) in [6, 6.07) is 6.18. The van der Waals surface area contributed by atoms with Gasteiger partial charge in [-0.05, 0) is 57.1 Å². The molecule has 3 rings (SSSR count). The van der Waals surface area contributed by atoms with E-state index in [0.29, 0.717) is 43.1 Å². The molecule has 1 aromatic carbocycles. The highest BCUT2D eigenvalue weighted by Crippen LogP contribution is 2.24. The Labute approximate surface area is 183 Å². The highest BCUT2D eigenvalue weighted by molar-refractivity contribution is 6.33. The van der Waals surface area contributed by atoms with Crippen LogP contribution in [0.25, 0.3) is 0 Å². The normalized spacial score (nSPS) is 18.6. The number of amides is 4. The average molecular weight is 435 g/mol. The molecular formula is C22H31ClN4O3. The number of carbonyl (C=O) groups excluding carboxylic acids is 3. The maximum absolute atomic E-state index is 13.4. The molecule has 2 aliphatic heterocycles. The van der Waals surface area contributed by atoms with Crippen molar-refractivity contribution in [3.8, 4) is 0 Å². The van der Waals surface area contributed by atoms with Crippen molar-refractivity contribution in [2.24, 2.45) is 5.92 Å². The molecule has 8 heteroatoms. The van der Waals surface area contributed by atoms with E-state index < -0.39 is 6.04 Å². The summed E-state index contributed by atoms with van der Waals surface area (Å²) in [7, 11) is 0. The third kappa shape index (κ3) is 5.45. The highest BCUT2D eigenvalue weighted by Gasteiger charge is 2.36. The van der Waals surface area contributed by atoms with Crippen LogP contribution < -0.4 is 10.6 Å². The summed E-state index contributed by atoms with van der Waals surface area (Å²) >= 11 is 6.19. The van der Waals surface area contributed by atoms with Gasteiger partial charge in [-0.15, -0.1) is 0 Å². The lowest BCUT2D eigenvalue weighted by atomic mass is 9.88. The molecule has 0 bridgehead atoms. The fourth-order valence-corrected chi connectivity index (χ4v) is 4.48. The molecule has 2 saturated heterocycles. The highest BCUT2D eigenvalue weighted by atomic mass is 35.5. The molecule has 2 fully saturated rings. The molecule has 2 heterocycles. The first-order chi connectivity index (χ1) is 14.5. The van der Waals surface area contributed by atoms with Crippen LogP contribution in [0.15, 0.2) is 24.3 Å². The Morgan fingerprint density at radius 3 is 2.33 bits per heavy atom. The molecule has 2 N–H and O–H groups in total. The zero-order valence-corrected chi connectivity index (χ0v) is 18.3. The van der Waals surface area contributed by atoms with Gasteiger partial charge in [0.15, 0.2) is 0 Å². The van der Waals surface area contributed by atoms with Crippen molar-refractivity contribution in [1.29, 1.82) is 0 Å². The predicted octanol–water partition coefficient (Wildman–Crippen LogP) is 2.89. The van der Waals surface area contributed by atoms with Gasteiger partial charge in [0, 0.05) is 32.7 Å². The number of urea groups is 1. The van der Waals surface area contributed by atoms with E-state index in [1.165, 1.54) is 0 Å². The number of carbonyl (C=O) groups is 3. The van der Waals surface area contributed by atoms with Crippen molar-refractivity contribution in [2.75, 3.05) is 32.7 Å². The molecule has 0 spiro atoms. The Kier molecular flexibility index (Phi) is 7.96. The Hall–Kier alpha value is -2.28. The van der Waals surface area contributed by atoms with Crippen LogP contribution in [0.5, 0.6) is 0 Å². The van der Waals surface area contributed by atoms with Gasteiger partial charge in [-0.25, -0.2) is 4.79 Å². The topological polar surface area (TPSA) is 81.8 Å². The zero-order chi connectivity index (χ0) is 21.5. The van der Waals surface area contributed by atoms with Crippen LogP contribution in [-0.2, 0) is 4.79 Å². The molecule has 0 aliphatic carbocycles. The lowest BCUT2D eigenvalue weighted by Gasteiger charge is -2.38. The van der Waals surface area contributed by atoms with Gasteiger partial charge in [-0.3, -0.25) is 9.59 Å². The third-order valence-electron chi connectivity index (χ3n) is 5.97. The van der Waals surface area contributed by atoms with Crippen molar-refractivity contribution in [3.63, 3.8) is 0 Å². The van der Waals surface area contributed by atoms with E-state index in [1.54, 1.807) is 29.2 Å². The average Bonchev–Trinajstić information content (AvgIpc) is 2.78. The molecule has 1 atom stereocenters. The molecule has 0 unspecified atom stereocenters. The van der Waals surface area contributed by atoms with Crippen LogP contribution in [0.2, 0.25) is 5.02 Å². The number of hydrogen-bond donors (Lipinski definition) is 2. The summed E-state index contributed by atoms with van der Waals surface area (Å²) in [5.41, 5.74) is 0.371. The van der Waals surface area contributed by atoms with Crippen molar-refractivity contribution in [2.45, 2.75) is 45.1 Å². The van der Waals surface area contributed by atoms with Crippen LogP contribution in [0.1, 0.15) is 49.4 Å². The Balaban J connectivity index is 1.73. The van der Waals surface area contributed by atoms with Gasteiger partial charge in [0.2, 0.25) is 5.91 Å². The van der Waals surface area contributed by atoms with E-state index >= 15 is 0 Å². The second-order valence-electron chi connectivity index (χ2n) is 7.98. The zero-order valence-electron chi connectivity index (χ0n) is 17.5. The largest absolute Gasteiger partial charge is 0.341 e. The third-order valence-corrected chi connectivity index (χ3v) is 6.29. The summed E-state index contributed by atoms with van der Waals surface area (Å²) in [4.78, 5) is 42.0. The van der Waals surface area contributed by atoms with Crippen molar-refractivity contribution < 1.29 is 14.4 Å². The second-order valence-corrected chi connectivity index (χ2v) is 8.38. The molecule has 0 saturated carbocycles. The van der Waals surface area contributed by atoms with E-state index in [1.807, 2.05) is 11.8 Å². The standard InChI is InChI=1S/C22H31ClN4O3/c1-2-24-22(30)27-14-10-16(11-15-27)19(21(29)26-12-6-3-7-13-26)25-20(28)17-8-4-5-9-18(17)23/h4-5,8-9,16,19H,2-3,6-7,10-15H2,1H3,(H,24,30)(H,25,28)/t19-/m0/s1. The summed E-state index contributed by atoms with van der Waals surface area (Å²) in [6.07, 6.45) is 4.46. The van der Waals surface area contributed by atoms with Crippen LogP contribution in [0, 0.1) is 5.92 Å². The van der Waals surface area contributed by atoms with Crippen molar-refractivity contribution in [3.05, 3.63) is 34.9 Å². The summed E-state index contributed by atoms with van der Waals surface area (Å²) in [6.45, 7) is 5.08. The molecule has 4 amide bonds. The molecule has 2 aliphatic rings. The maximum Gasteiger partial charge on any atom is 0.317 e. The Bertz CT molecular complexity index is 759. The smallest absolute Gasteiger partial charge is 0.317 e. The molecule has 0 aromatic heterocycles. The minimum Gasteiger partial charge on any atom is -0.341 e. The lowest BCUT2D eigenvalue weighted by molar-refractivity contribution is -0.136. The van der Waals surface area contributed by atoms with Gasteiger partial charge < -0.3 is 20.4 Å². The van der Waals surface area contributed by atoms with E-state index in [2.05, 4.69) is 10.6 Å². The van der Waals surface area contributed by atoms with E-state index in [9.17, 15) is 14.4 Å². The van der Waals surface area contributed by atoms with Gasteiger partial charge in [-0.2, -0.15) is 0 Å². The van der Waals surface area contributed by atoms with Gasteiger partial charge >= 0.3 is 6.03 Å². The lowest BCUT2D eigenvalue weighted by Crippen LogP contribution is -2.56. The first-order valence-electron chi connectivity index (χ1n) is 10.9.